The summed E-state index contributed by atoms with van der Waals surface area (Å²) in [5.41, 5.74) is 0. The van der Waals surface area contributed by atoms with Crippen LogP contribution in [0.2, 0.25) is 45.3 Å². The monoisotopic (exact) mass is 379 g/mol. The van der Waals surface area contributed by atoms with Gasteiger partial charge in [-0.15, -0.1) is 0 Å². The Kier molecular flexibility index (Phi) is 8.21. The minimum absolute atomic E-state index is 1.05. The van der Waals surface area contributed by atoms with Crippen molar-refractivity contribution in [3.8, 4) is 0 Å². The average molecular weight is 380 g/mol. The summed E-state index contributed by atoms with van der Waals surface area (Å²) < 4.78 is 25.3. The van der Waals surface area contributed by atoms with E-state index in [-0.39, 0.29) is 0 Å². The van der Waals surface area contributed by atoms with E-state index in [0.717, 1.165) is 6.04 Å². The van der Waals surface area contributed by atoms with Gasteiger partial charge < -0.3 is 16.5 Å². The molecule has 0 aromatic carbocycles. The van der Waals surface area contributed by atoms with Gasteiger partial charge in [0.1, 0.15) is 0 Å². The zero-order valence-electron chi connectivity index (χ0n) is 15.6. The summed E-state index contributed by atoms with van der Waals surface area (Å²) in [4.78, 5) is 0. The van der Waals surface area contributed by atoms with Crippen molar-refractivity contribution < 1.29 is 16.5 Å². The molecule has 0 atom stereocenters. The van der Waals surface area contributed by atoms with E-state index in [2.05, 4.69) is 46.2 Å². The van der Waals surface area contributed by atoms with Gasteiger partial charge >= 0.3 is 35.0 Å². The van der Waals surface area contributed by atoms with E-state index in [4.69, 9.17) is 16.5 Å². The molecule has 8 heteroatoms. The second-order valence-corrected chi connectivity index (χ2v) is 20.4. The fourth-order valence-corrected chi connectivity index (χ4v) is 20.3. The third-order valence-electron chi connectivity index (χ3n) is 3.44. The normalized spacial score (nSPS) is 24.7. The second kappa shape index (κ2) is 8.70. The van der Waals surface area contributed by atoms with E-state index in [1.807, 2.05) is 0 Å². The molecule has 0 aromatic rings. The van der Waals surface area contributed by atoms with Crippen LogP contribution in [0.15, 0.2) is 0 Å². The minimum atomic E-state index is -2.14. The van der Waals surface area contributed by atoms with E-state index in [0.29, 0.717) is 0 Å². The van der Waals surface area contributed by atoms with Crippen LogP contribution in [-0.4, -0.2) is 35.0 Å². The van der Waals surface area contributed by atoms with Crippen molar-refractivity contribution in [1.82, 2.24) is 0 Å². The van der Waals surface area contributed by atoms with Gasteiger partial charge in [0.15, 0.2) is 0 Å². The quantitative estimate of drug-likeness (QED) is 0.459. The number of hydrogen-bond donors (Lipinski definition) is 0. The number of unbranched alkanes of at least 4 members (excludes halogenated alkanes) is 5. The molecular formula is C14H35O4Si4. The highest BCUT2D eigenvalue weighted by molar-refractivity contribution is 6.89. The van der Waals surface area contributed by atoms with Crippen LogP contribution in [0.25, 0.3) is 0 Å². The van der Waals surface area contributed by atoms with Gasteiger partial charge in [-0.3, -0.25) is 0 Å². The molecule has 1 aliphatic rings. The Morgan fingerprint density at radius 1 is 0.636 bits per heavy atom. The maximum atomic E-state index is 6.36. The molecule has 1 fully saturated rings. The predicted octanol–water partition coefficient (Wildman–Crippen LogP) is 5.02. The van der Waals surface area contributed by atoms with Crippen LogP contribution in [0.3, 0.4) is 0 Å². The summed E-state index contributed by atoms with van der Waals surface area (Å²) in [7, 11) is -7.68. The van der Waals surface area contributed by atoms with Crippen LogP contribution in [-0.2, 0) is 16.5 Å². The fourth-order valence-electron chi connectivity index (χ4n) is 2.97. The summed E-state index contributed by atoms with van der Waals surface area (Å²) in [6, 6.07) is 1.05. The molecule has 0 saturated carbocycles. The summed E-state index contributed by atoms with van der Waals surface area (Å²) >= 11 is 0. The largest absolute Gasteiger partial charge is 0.416 e. The van der Waals surface area contributed by atoms with Gasteiger partial charge in [0.05, 0.1) is 0 Å². The molecule has 1 aliphatic heterocycles. The Morgan fingerprint density at radius 3 is 1.59 bits per heavy atom. The second-order valence-electron chi connectivity index (χ2n) is 7.50. The third-order valence-corrected chi connectivity index (χ3v) is 17.8. The molecular weight excluding hydrogens is 344 g/mol. The van der Waals surface area contributed by atoms with Crippen LogP contribution in [0, 0.1) is 0 Å². The first-order chi connectivity index (χ1) is 10.1. The van der Waals surface area contributed by atoms with Crippen LogP contribution in [0.4, 0.5) is 0 Å². The van der Waals surface area contributed by atoms with Crippen molar-refractivity contribution in [3.63, 3.8) is 0 Å². The number of hydrogen-bond acceptors (Lipinski definition) is 4. The lowest BCUT2D eigenvalue weighted by atomic mass is 10.1. The molecule has 131 valence electrons. The molecule has 1 saturated heterocycles. The van der Waals surface area contributed by atoms with E-state index >= 15 is 0 Å². The summed E-state index contributed by atoms with van der Waals surface area (Å²) in [6.07, 6.45) is 7.83. The maximum absolute atomic E-state index is 6.36. The zero-order chi connectivity index (χ0) is 16.9. The first-order valence-electron chi connectivity index (χ1n) is 8.69. The lowest BCUT2D eigenvalue weighted by Crippen LogP contribution is -2.61. The molecule has 1 rings (SSSR count). The van der Waals surface area contributed by atoms with Crippen LogP contribution in [0.1, 0.15) is 45.4 Å². The van der Waals surface area contributed by atoms with Gasteiger partial charge in [-0.25, -0.2) is 0 Å². The molecule has 1 radical (unpaired) electrons. The van der Waals surface area contributed by atoms with Gasteiger partial charge in [-0.2, -0.15) is 0 Å². The highest BCUT2D eigenvalue weighted by Gasteiger charge is 2.47. The van der Waals surface area contributed by atoms with Crippen molar-refractivity contribution >= 4 is 35.0 Å². The van der Waals surface area contributed by atoms with Crippen molar-refractivity contribution in [1.29, 1.82) is 0 Å². The molecule has 0 aliphatic carbocycles. The van der Waals surface area contributed by atoms with Crippen molar-refractivity contribution in [2.75, 3.05) is 0 Å². The molecule has 22 heavy (non-hydrogen) atoms. The predicted molar refractivity (Wildman–Crippen MR) is 101 cm³/mol. The molecule has 0 amide bonds. The summed E-state index contributed by atoms with van der Waals surface area (Å²) in [6.45, 7) is 15.0. The minimum Gasteiger partial charge on any atom is -0.416 e. The molecule has 0 bridgehead atoms. The van der Waals surface area contributed by atoms with Gasteiger partial charge in [-0.1, -0.05) is 45.4 Å². The molecule has 0 N–H and O–H groups in total. The molecule has 0 spiro atoms. The van der Waals surface area contributed by atoms with Crippen molar-refractivity contribution in [2.24, 2.45) is 0 Å². The van der Waals surface area contributed by atoms with E-state index < -0.39 is 35.0 Å². The summed E-state index contributed by atoms with van der Waals surface area (Å²) in [5, 5.41) is 0. The lowest BCUT2D eigenvalue weighted by Gasteiger charge is -2.43. The highest BCUT2D eigenvalue weighted by atomic mass is 28.5. The van der Waals surface area contributed by atoms with Crippen LogP contribution >= 0.6 is 0 Å². The van der Waals surface area contributed by atoms with Crippen LogP contribution in [0.5, 0.6) is 0 Å². The molecule has 0 aromatic heterocycles. The van der Waals surface area contributed by atoms with E-state index in [1.54, 1.807) is 0 Å². The smallest absolute Gasteiger partial charge is 0.365 e. The fraction of sp³-hybridized carbons (Fsp3) is 1.00. The van der Waals surface area contributed by atoms with E-state index in [9.17, 15) is 0 Å². The molecule has 0 unspecified atom stereocenters. The SMILES string of the molecule is CCCCCCCC[Si]1O[Si](C)(C)O[Si](C)(C)O[Si](C)(C)O1. The first kappa shape index (κ1) is 20.8. The van der Waals surface area contributed by atoms with Gasteiger partial charge in [0.2, 0.25) is 0 Å². The Bertz CT molecular complexity index is 315. The van der Waals surface area contributed by atoms with Gasteiger partial charge in [0, 0.05) is 0 Å². The van der Waals surface area contributed by atoms with Gasteiger partial charge in [0.25, 0.3) is 0 Å². The average Bonchev–Trinajstić information content (AvgIpc) is 2.27. The van der Waals surface area contributed by atoms with Crippen molar-refractivity contribution in [3.05, 3.63) is 0 Å². The van der Waals surface area contributed by atoms with Crippen molar-refractivity contribution in [2.45, 2.75) is 90.8 Å². The Balaban J connectivity index is 2.51. The topological polar surface area (TPSA) is 36.9 Å². The Morgan fingerprint density at radius 2 is 1.09 bits per heavy atom. The standard InChI is InChI=1S/C14H35O4Si4/c1-8-9-10-11-12-13-14-19-15-20(2,3)17-22(6,7)18-21(4,5)16-19/h8-14H2,1-7H3. The Hall–Kier alpha value is 0.708. The van der Waals surface area contributed by atoms with Crippen LogP contribution < -0.4 is 0 Å². The first-order valence-corrected chi connectivity index (χ1v) is 18.7. The van der Waals surface area contributed by atoms with E-state index in [1.165, 1.54) is 38.5 Å². The molecule has 4 nitrogen and oxygen atoms in total. The zero-order valence-corrected chi connectivity index (χ0v) is 19.6. The van der Waals surface area contributed by atoms with Gasteiger partial charge in [-0.05, 0) is 45.3 Å². The summed E-state index contributed by atoms with van der Waals surface area (Å²) in [5.74, 6) is 0. The number of rotatable bonds is 7. The lowest BCUT2D eigenvalue weighted by molar-refractivity contribution is 0.247. The Labute approximate surface area is 142 Å². The highest BCUT2D eigenvalue weighted by Crippen LogP contribution is 2.28. The third kappa shape index (κ3) is 8.53. The maximum Gasteiger partial charge on any atom is 0.365 e. The molecule has 1 heterocycles.